The van der Waals surface area contributed by atoms with Crippen LogP contribution in [0.25, 0.3) is 0 Å². The zero-order valence-corrected chi connectivity index (χ0v) is 12.1. The van der Waals surface area contributed by atoms with E-state index in [0.717, 1.165) is 10.6 Å². The Kier molecular flexibility index (Phi) is 3.91. The van der Waals surface area contributed by atoms with E-state index < -0.39 is 0 Å². The molecule has 0 spiro atoms. The van der Waals surface area contributed by atoms with Gasteiger partial charge in [-0.25, -0.2) is 9.82 Å². The minimum Gasteiger partial charge on any atom is -0.300 e. The molecule has 2 heterocycles. The number of nitrogens with zero attached hydrogens (tertiary/aromatic N) is 2. The van der Waals surface area contributed by atoms with E-state index in [9.17, 15) is 9.18 Å². The van der Waals surface area contributed by atoms with Crippen molar-refractivity contribution >= 4 is 22.4 Å². The molecule has 1 aromatic heterocycles. The summed E-state index contributed by atoms with van der Waals surface area (Å²) in [5.74, 6) is -0.743. The van der Waals surface area contributed by atoms with Gasteiger partial charge in [0.2, 0.25) is 11.0 Å². The second kappa shape index (κ2) is 5.84. The van der Waals surface area contributed by atoms with Gasteiger partial charge >= 0.3 is 0 Å². The number of carbonyl (C=O) groups is 1. The lowest BCUT2D eigenvalue weighted by Crippen LogP contribution is -2.29. The van der Waals surface area contributed by atoms with Crippen molar-refractivity contribution in [2.24, 2.45) is 5.92 Å². The van der Waals surface area contributed by atoms with Gasteiger partial charge in [-0.05, 0) is 24.6 Å². The summed E-state index contributed by atoms with van der Waals surface area (Å²) in [5.41, 5.74) is 6.88. The van der Waals surface area contributed by atoms with Crippen LogP contribution in [0, 0.1) is 18.7 Å². The fourth-order valence-corrected chi connectivity index (χ4v) is 2.87. The van der Waals surface area contributed by atoms with E-state index in [4.69, 9.17) is 0 Å². The van der Waals surface area contributed by atoms with Crippen molar-refractivity contribution in [2.45, 2.75) is 13.0 Å². The predicted octanol–water partition coefficient (Wildman–Crippen LogP) is 1.39. The first-order valence-electron chi connectivity index (χ1n) is 6.48. The molecule has 1 fully saturated rings. The molecule has 8 heteroatoms. The Labute approximate surface area is 124 Å². The summed E-state index contributed by atoms with van der Waals surface area (Å²) in [6.07, 6.45) is 0. The summed E-state index contributed by atoms with van der Waals surface area (Å²) in [7, 11) is 0. The lowest BCUT2D eigenvalue weighted by molar-refractivity contribution is -0.119. The van der Waals surface area contributed by atoms with Crippen LogP contribution < -0.4 is 16.2 Å². The van der Waals surface area contributed by atoms with Crippen molar-refractivity contribution in [3.8, 4) is 0 Å². The molecular weight excluding hydrogens is 293 g/mol. The number of nitrogens with one attached hydrogen (secondary N) is 3. The fourth-order valence-electron chi connectivity index (χ4n) is 2.27. The zero-order valence-electron chi connectivity index (χ0n) is 11.3. The number of amides is 1. The Bertz CT molecular complexity index is 644. The summed E-state index contributed by atoms with van der Waals surface area (Å²) in [6, 6.07) is 5.92. The summed E-state index contributed by atoms with van der Waals surface area (Å²) < 4.78 is 13.0. The first-order valence-corrected chi connectivity index (χ1v) is 7.30. The number of rotatable bonds is 3. The second-order valence-electron chi connectivity index (χ2n) is 4.78. The monoisotopic (exact) mass is 307 g/mol. The molecule has 0 radical (unpaired) electrons. The standard InChI is InChI=1S/C13H14FN5OS/c1-7-17-19-13(21-7)16-12(20)10-6-15-18-11(10)8-2-4-9(14)5-3-8/h2-5,10-11,15,18H,6H2,1H3,(H,16,19,20). The third-order valence-electron chi connectivity index (χ3n) is 3.30. The van der Waals surface area contributed by atoms with Crippen LogP contribution >= 0.6 is 11.3 Å². The maximum atomic E-state index is 13.0. The SMILES string of the molecule is Cc1nnc(NC(=O)C2CNNC2c2ccc(F)cc2)s1. The molecule has 21 heavy (non-hydrogen) atoms. The first kappa shape index (κ1) is 14.1. The lowest BCUT2D eigenvalue weighted by atomic mass is 9.94. The molecule has 1 amide bonds. The lowest BCUT2D eigenvalue weighted by Gasteiger charge is -2.17. The van der Waals surface area contributed by atoms with E-state index >= 15 is 0 Å². The summed E-state index contributed by atoms with van der Waals surface area (Å²) in [4.78, 5) is 12.3. The smallest absolute Gasteiger partial charge is 0.232 e. The van der Waals surface area contributed by atoms with Gasteiger partial charge < -0.3 is 5.32 Å². The molecule has 2 unspecified atom stereocenters. The third kappa shape index (κ3) is 3.07. The normalized spacial score (nSPS) is 21.4. The van der Waals surface area contributed by atoms with Gasteiger partial charge in [0.05, 0.1) is 12.0 Å². The number of aromatic nitrogens is 2. The highest BCUT2D eigenvalue weighted by atomic mass is 32.1. The average Bonchev–Trinajstić information content (AvgIpc) is 3.09. The van der Waals surface area contributed by atoms with Gasteiger partial charge in [0.1, 0.15) is 10.8 Å². The number of aryl methyl sites for hydroxylation is 1. The Hall–Kier alpha value is -1.90. The molecule has 3 N–H and O–H groups in total. The number of hydrazine groups is 1. The van der Waals surface area contributed by atoms with E-state index in [-0.39, 0.29) is 23.7 Å². The van der Waals surface area contributed by atoms with Crippen molar-refractivity contribution in [3.63, 3.8) is 0 Å². The minimum atomic E-state index is -0.306. The van der Waals surface area contributed by atoms with Crippen LogP contribution in [0.15, 0.2) is 24.3 Å². The summed E-state index contributed by atoms with van der Waals surface area (Å²) in [6.45, 7) is 2.32. The first-order chi connectivity index (χ1) is 10.1. The molecule has 2 atom stereocenters. The van der Waals surface area contributed by atoms with Crippen molar-refractivity contribution in [1.29, 1.82) is 0 Å². The third-order valence-corrected chi connectivity index (χ3v) is 4.06. The van der Waals surface area contributed by atoms with Crippen molar-refractivity contribution in [1.82, 2.24) is 21.0 Å². The van der Waals surface area contributed by atoms with Crippen molar-refractivity contribution in [3.05, 3.63) is 40.7 Å². The topological polar surface area (TPSA) is 78.9 Å². The van der Waals surface area contributed by atoms with E-state index in [1.54, 1.807) is 12.1 Å². The number of benzene rings is 1. The van der Waals surface area contributed by atoms with Gasteiger partial charge in [-0.15, -0.1) is 10.2 Å². The maximum absolute atomic E-state index is 13.0. The van der Waals surface area contributed by atoms with Gasteiger partial charge in [0.25, 0.3) is 0 Å². The van der Waals surface area contributed by atoms with Crippen LogP contribution in [0.3, 0.4) is 0 Å². The molecule has 1 aliphatic heterocycles. The molecule has 110 valence electrons. The molecule has 1 aromatic carbocycles. The Morgan fingerprint density at radius 1 is 1.38 bits per heavy atom. The summed E-state index contributed by atoms with van der Waals surface area (Å²) >= 11 is 1.33. The van der Waals surface area contributed by atoms with Crippen molar-refractivity contribution in [2.75, 3.05) is 11.9 Å². The van der Waals surface area contributed by atoms with Gasteiger partial charge in [-0.3, -0.25) is 10.2 Å². The maximum Gasteiger partial charge on any atom is 0.232 e. The number of hydrogen-bond donors (Lipinski definition) is 3. The second-order valence-corrected chi connectivity index (χ2v) is 5.96. The largest absolute Gasteiger partial charge is 0.300 e. The van der Waals surface area contributed by atoms with E-state index in [0.29, 0.717) is 11.7 Å². The molecule has 0 saturated carbocycles. The number of anilines is 1. The molecule has 2 aromatic rings. The van der Waals surface area contributed by atoms with Crippen LogP contribution in [-0.2, 0) is 4.79 Å². The van der Waals surface area contributed by atoms with Gasteiger partial charge in [-0.1, -0.05) is 23.5 Å². The van der Waals surface area contributed by atoms with Crippen LogP contribution in [-0.4, -0.2) is 22.6 Å². The molecule has 3 rings (SSSR count). The Balaban J connectivity index is 1.74. The molecule has 1 saturated heterocycles. The quantitative estimate of drug-likeness (QED) is 0.798. The van der Waals surface area contributed by atoms with Crippen LogP contribution in [0.5, 0.6) is 0 Å². The average molecular weight is 307 g/mol. The molecular formula is C13H14FN5OS. The van der Waals surface area contributed by atoms with Gasteiger partial charge in [0.15, 0.2) is 0 Å². The minimum absolute atomic E-state index is 0.141. The fraction of sp³-hybridized carbons (Fsp3) is 0.308. The van der Waals surface area contributed by atoms with Gasteiger partial charge in [0, 0.05) is 6.54 Å². The molecule has 1 aliphatic rings. The van der Waals surface area contributed by atoms with E-state index in [2.05, 4.69) is 26.4 Å². The highest BCUT2D eigenvalue weighted by molar-refractivity contribution is 7.15. The number of carbonyl (C=O) groups excluding carboxylic acids is 1. The zero-order chi connectivity index (χ0) is 14.8. The Morgan fingerprint density at radius 3 is 2.81 bits per heavy atom. The van der Waals surface area contributed by atoms with Crippen molar-refractivity contribution < 1.29 is 9.18 Å². The van der Waals surface area contributed by atoms with Crippen LogP contribution in [0.1, 0.15) is 16.6 Å². The number of hydrogen-bond acceptors (Lipinski definition) is 6. The Morgan fingerprint density at radius 2 is 2.14 bits per heavy atom. The van der Waals surface area contributed by atoms with E-state index in [1.807, 2.05) is 6.92 Å². The predicted molar refractivity (Wildman–Crippen MR) is 77.0 cm³/mol. The van der Waals surface area contributed by atoms with Crippen LogP contribution in [0.2, 0.25) is 0 Å². The molecule has 6 nitrogen and oxygen atoms in total. The molecule has 0 aliphatic carbocycles. The highest BCUT2D eigenvalue weighted by Crippen LogP contribution is 2.26. The van der Waals surface area contributed by atoms with Crippen LogP contribution in [0.4, 0.5) is 9.52 Å². The highest BCUT2D eigenvalue weighted by Gasteiger charge is 2.34. The molecule has 0 bridgehead atoms. The van der Waals surface area contributed by atoms with E-state index in [1.165, 1.54) is 23.5 Å². The summed E-state index contributed by atoms with van der Waals surface area (Å²) in [5, 5.41) is 11.8. The number of halogens is 1. The van der Waals surface area contributed by atoms with Gasteiger partial charge in [-0.2, -0.15) is 0 Å².